The van der Waals surface area contributed by atoms with Crippen LogP contribution in [-0.2, 0) is 0 Å². The molecule has 0 aliphatic heterocycles. The number of nitrogens with zero attached hydrogens (tertiary/aromatic N) is 1. The van der Waals surface area contributed by atoms with Gasteiger partial charge in [0.05, 0.1) is 0 Å². The Morgan fingerprint density at radius 2 is 1.82 bits per heavy atom. The normalized spacial score (nSPS) is 9.24. The van der Waals surface area contributed by atoms with Crippen molar-refractivity contribution in [3.8, 4) is 5.88 Å². The Morgan fingerprint density at radius 1 is 1.24 bits per heavy atom. The largest absolute Gasteiger partial charge is 0.495 e. The number of rotatable bonds is 0. The molecule has 0 bridgehead atoms. The van der Waals surface area contributed by atoms with Crippen LogP contribution in [0.3, 0.4) is 0 Å². The van der Waals surface area contributed by atoms with Crippen molar-refractivity contribution in [2.24, 2.45) is 0 Å². The molecular formula is C11H14N4O2. The summed E-state index contributed by atoms with van der Waals surface area (Å²) in [6.07, 6.45) is 0. The third-order valence-electron chi connectivity index (χ3n) is 1.77. The zero-order chi connectivity index (χ0) is 12.8. The standard InChI is InChI=1S/C6H7NO2.C5H7N3/c1-4-2-5(8)7-6(9)3-4;6-4-2-1-3-5(7)8-4/h2-3H,1H3,(H2,7,8,9);1-3H,(H4,6,7,8). The highest BCUT2D eigenvalue weighted by Gasteiger charge is 1.89. The first kappa shape index (κ1) is 12.6. The lowest BCUT2D eigenvalue weighted by atomic mass is 10.3. The van der Waals surface area contributed by atoms with Crippen LogP contribution >= 0.6 is 0 Å². The van der Waals surface area contributed by atoms with E-state index in [4.69, 9.17) is 16.6 Å². The van der Waals surface area contributed by atoms with E-state index in [0.717, 1.165) is 5.56 Å². The van der Waals surface area contributed by atoms with Gasteiger partial charge in [-0.05, 0) is 24.6 Å². The topological polar surface area (TPSA) is 118 Å². The molecule has 2 rings (SSSR count). The van der Waals surface area contributed by atoms with Crippen molar-refractivity contribution >= 4 is 11.6 Å². The number of nitrogen functional groups attached to an aromatic ring is 2. The van der Waals surface area contributed by atoms with Crippen molar-refractivity contribution in [1.82, 2.24) is 9.97 Å². The van der Waals surface area contributed by atoms with E-state index >= 15 is 0 Å². The monoisotopic (exact) mass is 234 g/mol. The predicted octanol–water partition coefficient (Wildman–Crippen LogP) is 0.635. The van der Waals surface area contributed by atoms with E-state index in [9.17, 15) is 4.79 Å². The van der Waals surface area contributed by atoms with E-state index in [1.165, 1.54) is 12.1 Å². The second-order valence-corrected chi connectivity index (χ2v) is 3.39. The molecular weight excluding hydrogens is 220 g/mol. The van der Waals surface area contributed by atoms with Crippen LogP contribution in [0.2, 0.25) is 0 Å². The Balaban J connectivity index is 0.000000171. The number of aryl methyl sites for hydroxylation is 1. The average Bonchev–Trinajstić information content (AvgIpc) is 2.15. The van der Waals surface area contributed by atoms with Gasteiger partial charge in [0.15, 0.2) is 5.88 Å². The summed E-state index contributed by atoms with van der Waals surface area (Å²) in [6.45, 7) is 1.74. The maximum atomic E-state index is 10.5. The van der Waals surface area contributed by atoms with Gasteiger partial charge in [-0.2, -0.15) is 0 Å². The lowest BCUT2D eigenvalue weighted by molar-refractivity contribution is 0.451. The summed E-state index contributed by atoms with van der Waals surface area (Å²) in [5.41, 5.74) is 11.0. The van der Waals surface area contributed by atoms with Crippen LogP contribution in [-0.4, -0.2) is 15.1 Å². The van der Waals surface area contributed by atoms with Crippen molar-refractivity contribution in [2.45, 2.75) is 6.92 Å². The highest BCUT2D eigenvalue weighted by molar-refractivity contribution is 5.38. The predicted molar refractivity (Wildman–Crippen MR) is 66.5 cm³/mol. The minimum absolute atomic E-state index is 0.0833. The molecule has 6 heteroatoms. The molecule has 0 radical (unpaired) electrons. The van der Waals surface area contributed by atoms with E-state index in [0.29, 0.717) is 11.6 Å². The number of hydrogen-bond donors (Lipinski definition) is 4. The molecule has 6 N–H and O–H groups in total. The molecule has 0 aliphatic carbocycles. The zero-order valence-electron chi connectivity index (χ0n) is 9.34. The molecule has 0 unspecified atom stereocenters. The van der Waals surface area contributed by atoms with Crippen LogP contribution in [0, 0.1) is 6.92 Å². The molecule has 2 heterocycles. The van der Waals surface area contributed by atoms with Gasteiger partial charge in [-0.1, -0.05) is 6.07 Å². The summed E-state index contributed by atoms with van der Waals surface area (Å²) < 4.78 is 0. The second-order valence-electron chi connectivity index (χ2n) is 3.39. The Kier molecular flexibility index (Phi) is 4.10. The third kappa shape index (κ3) is 4.70. The molecule has 0 amide bonds. The van der Waals surface area contributed by atoms with Gasteiger partial charge in [0.1, 0.15) is 11.6 Å². The molecule has 2 aromatic rings. The fourth-order valence-corrected chi connectivity index (χ4v) is 1.13. The van der Waals surface area contributed by atoms with Gasteiger partial charge in [-0.15, -0.1) is 0 Å². The molecule has 0 fully saturated rings. The summed E-state index contributed by atoms with van der Waals surface area (Å²) in [6, 6.07) is 8.05. The molecule has 90 valence electrons. The molecule has 0 aliphatic rings. The number of pyridine rings is 2. The minimum atomic E-state index is -0.271. The maximum absolute atomic E-state index is 10.5. The van der Waals surface area contributed by atoms with Crippen LogP contribution in [0.15, 0.2) is 35.1 Å². The van der Waals surface area contributed by atoms with Gasteiger partial charge < -0.3 is 16.6 Å². The highest BCUT2D eigenvalue weighted by atomic mass is 16.3. The summed E-state index contributed by atoms with van der Waals surface area (Å²) in [5, 5.41) is 8.74. The van der Waals surface area contributed by atoms with Gasteiger partial charge in [0, 0.05) is 12.1 Å². The Labute approximate surface area is 97.9 Å². The SMILES string of the molecule is Cc1cc(O)[nH]c(=O)c1.Nc1cccc(N)n1. The molecule has 17 heavy (non-hydrogen) atoms. The van der Waals surface area contributed by atoms with Crippen LogP contribution in [0.25, 0.3) is 0 Å². The van der Waals surface area contributed by atoms with Gasteiger partial charge in [0.25, 0.3) is 5.56 Å². The smallest absolute Gasteiger partial charge is 0.250 e. The summed E-state index contributed by atoms with van der Waals surface area (Å²) in [5.74, 6) is 0.843. The Bertz CT molecular complexity index is 511. The number of hydrogen-bond acceptors (Lipinski definition) is 5. The van der Waals surface area contributed by atoms with Gasteiger partial charge in [0.2, 0.25) is 0 Å². The number of aromatic nitrogens is 2. The Morgan fingerprint density at radius 3 is 2.18 bits per heavy atom. The number of aromatic amines is 1. The van der Waals surface area contributed by atoms with Gasteiger partial charge in [-0.3, -0.25) is 9.78 Å². The number of aromatic hydroxyl groups is 1. The number of H-pyrrole nitrogens is 1. The average molecular weight is 234 g/mol. The third-order valence-corrected chi connectivity index (χ3v) is 1.77. The van der Waals surface area contributed by atoms with Crippen LogP contribution in [0.1, 0.15) is 5.56 Å². The molecule has 2 aromatic heterocycles. The van der Waals surface area contributed by atoms with Crippen LogP contribution in [0.5, 0.6) is 5.88 Å². The highest BCUT2D eigenvalue weighted by Crippen LogP contribution is 2.00. The minimum Gasteiger partial charge on any atom is -0.495 e. The van der Waals surface area contributed by atoms with E-state index in [2.05, 4.69) is 9.97 Å². The van der Waals surface area contributed by atoms with Gasteiger partial charge in [-0.25, -0.2) is 4.98 Å². The van der Waals surface area contributed by atoms with Crippen LogP contribution in [0.4, 0.5) is 11.6 Å². The summed E-state index contributed by atoms with van der Waals surface area (Å²) >= 11 is 0. The molecule has 0 saturated carbocycles. The lowest BCUT2D eigenvalue weighted by Gasteiger charge is -1.90. The fourth-order valence-electron chi connectivity index (χ4n) is 1.13. The van der Waals surface area contributed by atoms with Crippen molar-refractivity contribution in [3.05, 3.63) is 46.2 Å². The van der Waals surface area contributed by atoms with E-state index in [-0.39, 0.29) is 11.4 Å². The van der Waals surface area contributed by atoms with Gasteiger partial charge >= 0.3 is 0 Å². The quantitative estimate of drug-likeness (QED) is 0.533. The first-order chi connectivity index (χ1) is 7.97. The van der Waals surface area contributed by atoms with E-state index in [1.807, 2.05) is 0 Å². The molecule has 0 spiro atoms. The first-order valence-corrected chi connectivity index (χ1v) is 4.85. The van der Waals surface area contributed by atoms with Crippen molar-refractivity contribution in [3.63, 3.8) is 0 Å². The molecule has 0 atom stereocenters. The first-order valence-electron chi connectivity index (χ1n) is 4.85. The summed E-state index contributed by atoms with van der Waals surface area (Å²) in [4.78, 5) is 16.4. The number of nitrogens with one attached hydrogen (secondary N) is 1. The van der Waals surface area contributed by atoms with E-state index in [1.54, 1.807) is 25.1 Å². The van der Waals surface area contributed by atoms with Crippen LogP contribution < -0.4 is 17.0 Å². The zero-order valence-corrected chi connectivity index (χ0v) is 9.34. The van der Waals surface area contributed by atoms with Crippen molar-refractivity contribution in [1.29, 1.82) is 0 Å². The van der Waals surface area contributed by atoms with Crippen molar-refractivity contribution in [2.75, 3.05) is 11.5 Å². The summed E-state index contributed by atoms with van der Waals surface area (Å²) in [7, 11) is 0. The number of anilines is 2. The van der Waals surface area contributed by atoms with Crippen molar-refractivity contribution < 1.29 is 5.11 Å². The molecule has 0 aromatic carbocycles. The molecule has 0 saturated heterocycles. The maximum Gasteiger partial charge on any atom is 0.250 e. The Hall–Kier alpha value is -2.50. The van der Waals surface area contributed by atoms with E-state index < -0.39 is 0 Å². The molecule has 6 nitrogen and oxygen atoms in total. The fraction of sp³-hybridized carbons (Fsp3) is 0.0909. The second kappa shape index (κ2) is 5.55. The lowest BCUT2D eigenvalue weighted by Crippen LogP contribution is -2.02. The number of nitrogens with two attached hydrogens (primary N) is 2.